The maximum absolute atomic E-state index is 13.5. The monoisotopic (exact) mass is 588 g/mol. The van der Waals surface area contributed by atoms with Crippen molar-refractivity contribution in [2.24, 2.45) is 10.7 Å². The lowest BCUT2D eigenvalue weighted by molar-refractivity contribution is -0.137. The smallest absolute Gasteiger partial charge is 0.418 e. The van der Waals surface area contributed by atoms with Gasteiger partial charge in [0, 0.05) is 11.8 Å². The topological polar surface area (TPSA) is 125 Å². The summed E-state index contributed by atoms with van der Waals surface area (Å²) in [6, 6.07) is 10.5. The third-order valence-corrected chi connectivity index (χ3v) is 7.32. The number of alkyl halides is 3. The van der Waals surface area contributed by atoms with Crippen molar-refractivity contribution in [3.05, 3.63) is 69.3 Å². The Balaban J connectivity index is 2.21. The number of carbonyl (C=O) groups excluding carboxylic acids is 1. The Morgan fingerprint density at radius 3 is 2.46 bits per heavy atom. The van der Waals surface area contributed by atoms with E-state index in [2.05, 4.69) is 35.9 Å². The van der Waals surface area contributed by atoms with Crippen molar-refractivity contribution in [2.45, 2.75) is 11.1 Å². The summed E-state index contributed by atoms with van der Waals surface area (Å²) in [6.07, 6.45) is -3.65. The summed E-state index contributed by atoms with van der Waals surface area (Å²) in [4.78, 5) is 16.1. The van der Waals surface area contributed by atoms with Gasteiger partial charge in [0.15, 0.2) is 14.8 Å². The molecule has 1 aromatic heterocycles. The predicted molar refractivity (Wildman–Crippen MR) is 128 cm³/mol. The maximum atomic E-state index is 13.5. The number of aliphatic imine (C=N–C) groups is 1. The largest absolute Gasteiger partial charge is 0.464 e. The number of methoxy groups -OCH3 is 1. The highest BCUT2D eigenvalue weighted by Crippen LogP contribution is 2.37. The number of sulfone groups is 1. The Kier molecular flexibility index (Phi) is 7.77. The summed E-state index contributed by atoms with van der Waals surface area (Å²) < 4.78 is 68.8. The van der Waals surface area contributed by atoms with E-state index in [-0.39, 0.29) is 25.1 Å². The third kappa shape index (κ3) is 6.13. The molecule has 0 saturated carbocycles. The molecule has 2 aromatic carbocycles. The molecule has 3 rings (SSSR count). The van der Waals surface area contributed by atoms with Crippen molar-refractivity contribution in [1.82, 2.24) is 10.2 Å². The van der Waals surface area contributed by atoms with E-state index in [9.17, 15) is 26.4 Å². The van der Waals surface area contributed by atoms with Crippen molar-refractivity contribution >= 4 is 54.5 Å². The lowest BCUT2D eigenvalue weighted by atomic mass is 10.1. The highest BCUT2D eigenvalue weighted by Gasteiger charge is 2.33. The van der Waals surface area contributed by atoms with Crippen LogP contribution in [-0.2, 0) is 25.5 Å². The first kappa shape index (κ1) is 26.5. The molecule has 0 aliphatic carbocycles. The Labute approximate surface area is 210 Å². The number of benzene rings is 2. The molecule has 1 heterocycles. The van der Waals surface area contributed by atoms with E-state index in [0.717, 1.165) is 36.8 Å². The fourth-order valence-corrected chi connectivity index (χ4v) is 4.82. The average molecular weight is 589 g/mol. The van der Waals surface area contributed by atoms with Crippen LogP contribution in [0.15, 0.2) is 68.6 Å². The molecule has 0 fully saturated rings. The fraction of sp³-hybridized carbons (Fsp3) is 0.143. The second kappa shape index (κ2) is 10.3. The zero-order chi connectivity index (χ0) is 26.0. The molecule has 8 nitrogen and oxygen atoms in total. The Morgan fingerprint density at radius 1 is 1.14 bits per heavy atom. The molecule has 35 heavy (non-hydrogen) atoms. The molecule has 0 atom stereocenters. The molecular formula is C21H16BrF3N4O4S2. The number of esters is 1. The molecule has 2 N–H and O–H groups in total. The van der Waals surface area contributed by atoms with Crippen LogP contribution in [0.25, 0.3) is 10.6 Å². The molecule has 14 heteroatoms. The van der Waals surface area contributed by atoms with Gasteiger partial charge in [0.05, 0.1) is 27.7 Å². The van der Waals surface area contributed by atoms with E-state index in [1.807, 2.05) is 0 Å². The van der Waals surface area contributed by atoms with E-state index in [1.165, 1.54) is 30.3 Å². The number of ether oxygens (including phenoxy) is 1. The van der Waals surface area contributed by atoms with Gasteiger partial charge < -0.3 is 10.5 Å². The zero-order valence-corrected chi connectivity index (χ0v) is 21.2. The molecule has 3 aromatic rings. The van der Waals surface area contributed by atoms with Crippen LogP contribution in [0.5, 0.6) is 0 Å². The van der Waals surface area contributed by atoms with Gasteiger partial charge in [0.1, 0.15) is 16.4 Å². The standard InChI is InChI=1S/C21H16BrF3N4O4S2/c1-33-20(30)16(26)15(22)17(27-14-9-4-3-8-13(14)21(23,24)25)19-29-28-18(34-19)11-6-5-7-12(10-11)35(2,31)32/h3-10H,26H2,1-2H3. The number of aromatic nitrogens is 2. The van der Waals surface area contributed by atoms with E-state index in [4.69, 9.17) is 5.73 Å². The van der Waals surface area contributed by atoms with Gasteiger partial charge in [0.2, 0.25) is 0 Å². The summed E-state index contributed by atoms with van der Waals surface area (Å²) in [7, 11) is -2.41. The fourth-order valence-electron chi connectivity index (χ4n) is 2.74. The number of rotatable bonds is 6. The van der Waals surface area contributed by atoms with E-state index < -0.39 is 38.9 Å². The van der Waals surface area contributed by atoms with Crippen LogP contribution in [0.3, 0.4) is 0 Å². The first-order chi connectivity index (χ1) is 16.3. The van der Waals surface area contributed by atoms with Crippen molar-refractivity contribution in [3.63, 3.8) is 0 Å². The van der Waals surface area contributed by atoms with Gasteiger partial charge in [0.25, 0.3) is 0 Å². The molecule has 0 bridgehead atoms. The molecule has 0 radical (unpaired) electrons. The molecule has 0 aliphatic rings. The number of allylic oxidation sites excluding steroid dienone is 1. The minimum atomic E-state index is -4.70. The van der Waals surface area contributed by atoms with Crippen LogP contribution < -0.4 is 5.73 Å². The molecule has 0 unspecified atom stereocenters. The van der Waals surface area contributed by atoms with Crippen LogP contribution in [0.2, 0.25) is 0 Å². The highest BCUT2D eigenvalue weighted by molar-refractivity contribution is 9.12. The van der Waals surface area contributed by atoms with Crippen LogP contribution in [0.4, 0.5) is 18.9 Å². The van der Waals surface area contributed by atoms with Gasteiger partial charge in [-0.1, -0.05) is 35.6 Å². The minimum absolute atomic E-state index is 0.0143. The van der Waals surface area contributed by atoms with Gasteiger partial charge in [-0.15, -0.1) is 10.2 Å². The summed E-state index contributed by atoms with van der Waals surface area (Å²) in [5.41, 5.74) is 4.12. The summed E-state index contributed by atoms with van der Waals surface area (Å²) >= 11 is 4.04. The van der Waals surface area contributed by atoms with Gasteiger partial charge in [-0.2, -0.15) is 13.2 Å². The zero-order valence-electron chi connectivity index (χ0n) is 18.0. The molecular weight excluding hydrogens is 573 g/mol. The first-order valence-corrected chi connectivity index (χ1v) is 13.0. The number of halogens is 4. The van der Waals surface area contributed by atoms with Crippen LogP contribution >= 0.6 is 27.3 Å². The molecule has 0 aliphatic heterocycles. The number of carbonyl (C=O) groups is 1. The van der Waals surface area contributed by atoms with E-state index in [1.54, 1.807) is 6.07 Å². The average Bonchev–Trinajstić information content (AvgIpc) is 3.30. The highest BCUT2D eigenvalue weighted by atomic mass is 79.9. The van der Waals surface area contributed by atoms with E-state index >= 15 is 0 Å². The number of hydrogen-bond donors (Lipinski definition) is 1. The van der Waals surface area contributed by atoms with Crippen LogP contribution in [0, 0.1) is 0 Å². The number of nitrogens with zero attached hydrogens (tertiary/aromatic N) is 3. The van der Waals surface area contributed by atoms with Crippen molar-refractivity contribution in [3.8, 4) is 10.6 Å². The number of nitrogens with two attached hydrogens (primary N) is 1. The van der Waals surface area contributed by atoms with Crippen LogP contribution in [0.1, 0.15) is 10.6 Å². The summed E-state index contributed by atoms with van der Waals surface area (Å²) in [5.74, 6) is -0.945. The molecule has 0 saturated heterocycles. The quantitative estimate of drug-likeness (QED) is 0.255. The summed E-state index contributed by atoms with van der Waals surface area (Å²) in [5, 5.41) is 8.29. The Bertz CT molecular complexity index is 1450. The molecule has 0 spiro atoms. The van der Waals surface area contributed by atoms with Gasteiger partial charge in [-0.3, -0.25) is 0 Å². The lowest BCUT2D eigenvalue weighted by Gasteiger charge is -2.11. The maximum Gasteiger partial charge on any atom is 0.418 e. The minimum Gasteiger partial charge on any atom is -0.464 e. The van der Waals surface area contributed by atoms with Gasteiger partial charge >= 0.3 is 12.1 Å². The Morgan fingerprint density at radius 2 is 1.83 bits per heavy atom. The molecule has 184 valence electrons. The SMILES string of the molecule is COC(=O)C(N)=C(Br)C(=Nc1ccccc1C(F)(F)F)c1nnc(-c2cccc(S(C)(=O)=O)c2)s1. The number of hydrogen-bond acceptors (Lipinski definition) is 9. The van der Waals surface area contributed by atoms with Crippen molar-refractivity contribution < 1.29 is 31.1 Å². The van der Waals surface area contributed by atoms with E-state index in [0.29, 0.717) is 5.56 Å². The van der Waals surface area contributed by atoms with Gasteiger partial charge in [-0.05, 0) is 40.2 Å². The first-order valence-electron chi connectivity index (χ1n) is 9.46. The second-order valence-corrected chi connectivity index (χ2v) is 10.7. The van der Waals surface area contributed by atoms with Crippen molar-refractivity contribution in [1.29, 1.82) is 0 Å². The third-order valence-electron chi connectivity index (χ3n) is 4.43. The van der Waals surface area contributed by atoms with Crippen molar-refractivity contribution in [2.75, 3.05) is 13.4 Å². The molecule has 0 amide bonds. The Hall–Kier alpha value is -3.10. The van der Waals surface area contributed by atoms with Crippen LogP contribution in [-0.4, -0.2) is 43.7 Å². The second-order valence-electron chi connectivity index (χ2n) is 6.91. The van der Waals surface area contributed by atoms with Gasteiger partial charge in [-0.25, -0.2) is 18.2 Å². The normalized spacial score (nSPS) is 13.4. The predicted octanol–water partition coefficient (Wildman–Crippen LogP) is 4.49. The lowest BCUT2D eigenvalue weighted by Crippen LogP contribution is -2.18. The summed E-state index contributed by atoms with van der Waals surface area (Å²) in [6.45, 7) is 0. The number of para-hydroxylation sites is 1.